The zero-order valence-electron chi connectivity index (χ0n) is 15.0. The van der Waals surface area contributed by atoms with Crippen molar-refractivity contribution in [3.05, 3.63) is 60.0 Å². The Hall–Kier alpha value is -2.86. The lowest BCUT2D eigenvalue weighted by atomic mass is 10.1. The minimum Gasteiger partial charge on any atom is -0.497 e. The van der Waals surface area contributed by atoms with Crippen LogP contribution in [0, 0.1) is 0 Å². The molecule has 4 rings (SSSR count). The van der Waals surface area contributed by atoms with Gasteiger partial charge >= 0.3 is 0 Å². The molecule has 3 aromatic rings. The number of rotatable bonds is 5. The molecule has 1 N–H and O–H groups in total. The lowest BCUT2D eigenvalue weighted by Crippen LogP contribution is -2.59. The topological polar surface area (TPSA) is 61.5 Å². The number of likely N-dealkylation sites (tertiary alicyclic amines) is 1. The second-order valence-corrected chi connectivity index (χ2v) is 6.78. The van der Waals surface area contributed by atoms with Gasteiger partial charge < -0.3 is 14.6 Å². The summed E-state index contributed by atoms with van der Waals surface area (Å²) in [5.74, 6) is 0.825. The van der Waals surface area contributed by atoms with Crippen molar-refractivity contribution in [1.82, 2.24) is 19.8 Å². The van der Waals surface area contributed by atoms with E-state index in [4.69, 9.17) is 4.74 Å². The summed E-state index contributed by atoms with van der Waals surface area (Å²) in [5.41, 5.74) is 2.73. The van der Waals surface area contributed by atoms with Crippen LogP contribution in [0.25, 0.3) is 10.9 Å². The fraction of sp³-hybridized carbons (Fsp3) is 0.300. The zero-order valence-corrected chi connectivity index (χ0v) is 15.0. The highest BCUT2D eigenvalue weighted by Crippen LogP contribution is 2.24. The highest BCUT2D eigenvalue weighted by atomic mass is 16.5. The van der Waals surface area contributed by atoms with Gasteiger partial charge in [-0.25, -0.2) is 0 Å². The summed E-state index contributed by atoms with van der Waals surface area (Å²) in [4.78, 5) is 24.2. The molecule has 0 saturated carbocycles. The highest BCUT2D eigenvalue weighted by molar-refractivity contribution is 5.98. The Labute approximate surface area is 152 Å². The molecule has 1 amide bonds. The van der Waals surface area contributed by atoms with Gasteiger partial charge in [-0.05, 0) is 36.9 Å². The third-order valence-corrected chi connectivity index (χ3v) is 4.99. The molecule has 134 valence electrons. The van der Waals surface area contributed by atoms with Crippen molar-refractivity contribution in [2.45, 2.75) is 12.6 Å². The number of benzene rings is 1. The number of fused-ring (bicyclic) bond motifs is 1. The van der Waals surface area contributed by atoms with Gasteiger partial charge in [-0.15, -0.1) is 0 Å². The number of hydrogen-bond acceptors (Lipinski definition) is 4. The average molecular weight is 350 g/mol. The van der Waals surface area contributed by atoms with Gasteiger partial charge in [0.2, 0.25) is 0 Å². The number of nitrogens with one attached hydrogen (secondary N) is 1. The van der Waals surface area contributed by atoms with Gasteiger partial charge in [0.05, 0.1) is 7.11 Å². The van der Waals surface area contributed by atoms with Gasteiger partial charge in [-0.1, -0.05) is 6.07 Å². The molecule has 2 aromatic heterocycles. The molecule has 0 spiro atoms. The summed E-state index contributed by atoms with van der Waals surface area (Å²) in [6.07, 6.45) is 3.67. The minimum atomic E-state index is 0.0474. The molecule has 0 unspecified atom stereocenters. The van der Waals surface area contributed by atoms with E-state index in [1.165, 1.54) is 5.56 Å². The molecule has 1 fully saturated rings. The number of likely N-dealkylation sites (N-methyl/N-ethyl adjacent to an activating group) is 1. The minimum absolute atomic E-state index is 0.0474. The summed E-state index contributed by atoms with van der Waals surface area (Å²) in [7, 11) is 3.73. The molecule has 0 aliphatic carbocycles. The van der Waals surface area contributed by atoms with Crippen molar-refractivity contribution in [1.29, 1.82) is 0 Å². The van der Waals surface area contributed by atoms with Crippen LogP contribution in [-0.4, -0.2) is 59.0 Å². The number of methoxy groups -OCH3 is 1. The molecular weight excluding hydrogens is 328 g/mol. The zero-order chi connectivity index (χ0) is 18.1. The van der Waals surface area contributed by atoms with Crippen molar-refractivity contribution >= 4 is 16.8 Å². The molecule has 1 aromatic carbocycles. The molecule has 0 atom stereocenters. The van der Waals surface area contributed by atoms with Gasteiger partial charge in [-0.3, -0.25) is 14.7 Å². The number of amides is 1. The van der Waals surface area contributed by atoms with E-state index in [2.05, 4.69) is 28.0 Å². The van der Waals surface area contributed by atoms with Crippen LogP contribution in [-0.2, 0) is 6.54 Å². The van der Waals surface area contributed by atoms with Gasteiger partial charge in [-0.2, -0.15) is 0 Å². The quantitative estimate of drug-likeness (QED) is 0.768. The van der Waals surface area contributed by atoms with Gasteiger partial charge in [0, 0.05) is 55.0 Å². The summed E-state index contributed by atoms with van der Waals surface area (Å²) in [5, 5.41) is 1.01. The van der Waals surface area contributed by atoms with Crippen LogP contribution in [0.3, 0.4) is 0 Å². The molecule has 3 heterocycles. The second kappa shape index (κ2) is 6.80. The maximum Gasteiger partial charge on any atom is 0.270 e. The van der Waals surface area contributed by atoms with Crippen LogP contribution in [0.5, 0.6) is 5.75 Å². The van der Waals surface area contributed by atoms with Crippen molar-refractivity contribution in [3.63, 3.8) is 0 Å². The molecule has 1 aliphatic rings. The maximum absolute atomic E-state index is 12.7. The maximum atomic E-state index is 12.7. The van der Waals surface area contributed by atoms with E-state index < -0.39 is 0 Å². The van der Waals surface area contributed by atoms with Gasteiger partial charge in [0.15, 0.2) is 0 Å². The number of aromatic nitrogens is 2. The van der Waals surface area contributed by atoms with E-state index in [9.17, 15) is 4.79 Å². The van der Waals surface area contributed by atoms with Crippen LogP contribution in [0.2, 0.25) is 0 Å². The van der Waals surface area contributed by atoms with Crippen LogP contribution < -0.4 is 4.74 Å². The molecule has 26 heavy (non-hydrogen) atoms. The van der Waals surface area contributed by atoms with Crippen LogP contribution in [0.15, 0.2) is 48.8 Å². The van der Waals surface area contributed by atoms with Gasteiger partial charge in [0.25, 0.3) is 5.91 Å². The first kappa shape index (κ1) is 16.6. The number of ether oxygens (including phenoxy) is 1. The van der Waals surface area contributed by atoms with Crippen LogP contribution >= 0.6 is 0 Å². The number of hydrogen-bond donors (Lipinski definition) is 1. The summed E-state index contributed by atoms with van der Waals surface area (Å²) in [6, 6.07) is 12.1. The summed E-state index contributed by atoms with van der Waals surface area (Å²) >= 11 is 0. The largest absolute Gasteiger partial charge is 0.497 e. The smallest absolute Gasteiger partial charge is 0.270 e. The number of carbonyl (C=O) groups excluding carboxylic acids is 1. The van der Waals surface area contributed by atoms with E-state index in [1.54, 1.807) is 13.3 Å². The Balaban J connectivity index is 1.38. The molecule has 6 nitrogen and oxygen atoms in total. The van der Waals surface area contributed by atoms with Crippen molar-refractivity contribution in [2.24, 2.45) is 0 Å². The highest BCUT2D eigenvalue weighted by Gasteiger charge is 2.34. The lowest BCUT2D eigenvalue weighted by molar-refractivity contribution is 0.0316. The fourth-order valence-corrected chi connectivity index (χ4v) is 3.33. The standard InChI is InChI=1S/C20H22N4O2/c1-23(11-14-4-3-7-21-10-14)16-12-24(13-16)20(25)19-8-15-5-6-17(26-2)9-18(15)22-19/h3-10,16,22H,11-13H2,1-2H3. The fourth-order valence-electron chi connectivity index (χ4n) is 3.33. The Morgan fingerprint density at radius 2 is 2.19 bits per heavy atom. The molecule has 6 heteroatoms. The van der Waals surface area contributed by atoms with E-state index in [1.807, 2.05) is 41.4 Å². The number of nitrogens with zero attached hydrogens (tertiary/aromatic N) is 3. The number of H-pyrrole nitrogens is 1. The average Bonchev–Trinajstić information content (AvgIpc) is 3.04. The van der Waals surface area contributed by atoms with Gasteiger partial charge in [0.1, 0.15) is 11.4 Å². The number of carbonyl (C=O) groups is 1. The first-order valence-corrected chi connectivity index (χ1v) is 8.69. The monoisotopic (exact) mass is 350 g/mol. The van der Waals surface area contributed by atoms with E-state index in [-0.39, 0.29) is 5.91 Å². The predicted molar refractivity (Wildman–Crippen MR) is 100 cm³/mol. The lowest BCUT2D eigenvalue weighted by Gasteiger charge is -2.43. The van der Waals surface area contributed by atoms with E-state index in [0.717, 1.165) is 36.3 Å². The molecule has 1 aliphatic heterocycles. The molecule has 1 saturated heterocycles. The third-order valence-electron chi connectivity index (χ3n) is 4.99. The Bertz CT molecular complexity index is 916. The Morgan fingerprint density at radius 1 is 1.35 bits per heavy atom. The Morgan fingerprint density at radius 3 is 2.92 bits per heavy atom. The SMILES string of the molecule is COc1ccc2cc(C(=O)N3CC(N(C)Cc4cccnc4)C3)[nH]c2c1. The van der Waals surface area contributed by atoms with E-state index in [0.29, 0.717) is 11.7 Å². The van der Waals surface area contributed by atoms with Crippen LogP contribution in [0.1, 0.15) is 16.1 Å². The summed E-state index contributed by atoms with van der Waals surface area (Å²) in [6.45, 7) is 2.33. The van der Waals surface area contributed by atoms with Crippen molar-refractivity contribution in [2.75, 3.05) is 27.2 Å². The first-order chi connectivity index (χ1) is 12.6. The molecular formula is C20H22N4O2. The third kappa shape index (κ3) is 3.15. The second-order valence-electron chi connectivity index (χ2n) is 6.78. The summed E-state index contributed by atoms with van der Waals surface area (Å²) < 4.78 is 5.24. The molecule has 0 radical (unpaired) electrons. The number of aromatic amines is 1. The Kier molecular flexibility index (Phi) is 4.34. The normalized spacial score (nSPS) is 14.7. The van der Waals surface area contributed by atoms with E-state index >= 15 is 0 Å². The van der Waals surface area contributed by atoms with Crippen molar-refractivity contribution in [3.8, 4) is 5.75 Å². The molecule has 0 bridgehead atoms. The first-order valence-electron chi connectivity index (χ1n) is 8.69. The predicted octanol–water partition coefficient (Wildman–Crippen LogP) is 2.53. The van der Waals surface area contributed by atoms with Crippen LogP contribution in [0.4, 0.5) is 0 Å². The van der Waals surface area contributed by atoms with Crippen molar-refractivity contribution < 1.29 is 9.53 Å². The number of pyridine rings is 1.